The highest BCUT2D eigenvalue weighted by Crippen LogP contribution is 1.99. The van der Waals surface area contributed by atoms with Gasteiger partial charge < -0.3 is 27.0 Å². The lowest BCUT2D eigenvalue weighted by molar-refractivity contribution is -0.143. The predicted octanol–water partition coefficient (Wildman–Crippen LogP) is -2.38. The van der Waals surface area contributed by atoms with Crippen LogP contribution in [0.3, 0.4) is 0 Å². The van der Waals surface area contributed by atoms with Gasteiger partial charge in [0.1, 0.15) is 6.04 Å². The van der Waals surface area contributed by atoms with Crippen LogP contribution in [0.2, 0.25) is 0 Å². The third-order valence-electron chi connectivity index (χ3n) is 2.02. The van der Waals surface area contributed by atoms with Crippen LogP contribution in [-0.4, -0.2) is 46.0 Å². The zero-order valence-corrected chi connectivity index (χ0v) is 9.46. The lowest BCUT2D eigenvalue weighted by Gasteiger charge is -2.16. The Morgan fingerprint density at radius 1 is 1.17 bits per heavy atom. The summed E-state index contributed by atoms with van der Waals surface area (Å²) in [7, 11) is 0. The Kier molecular flexibility index (Phi) is 6.35. The Bertz CT molecular complexity index is 356. The smallest absolute Gasteiger partial charge is 0.326 e. The van der Waals surface area contributed by atoms with E-state index in [0.717, 1.165) is 0 Å². The molecule has 0 rings (SSSR count). The highest BCUT2D eigenvalue weighted by Gasteiger charge is 2.24. The van der Waals surface area contributed by atoms with E-state index in [4.69, 9.17) is 21.7 Å². The number of hydrogen-bond acceptors (Lipinski definition) is 5. The normalized spacial score (nSPS) is 13.4. The van der Waals surface area contributed by atoms with Crippen LogP contribution in [0, 0.1) is 0 Å². The van der Waals surface area contributed by atoms with Gasteiger partial charge >= 0.3 is 11.9 Å². The molecule has 0 heterocycles. The standard InChI is InChI=1S/C9H15N3O6/c10-4(3-6(11)13)8(16)12-5(9(17)18)1-2-7(14)15/h4-5H,1-3,10H2,(H2,11,13)(H,12,16)(H,14,15)(H,17,18)/t4-,5+/m0/s1. The van der Waals surface area contributed by atoms with E-state index in [1.54, 1.807) is 0 Å². The van der Waals surface area contributed by atoms with Crippen molar-refractivity contribution >= 4 is 23.8 Å². The molecule has 2 atom stereocenters. The molecule has 0 aromatic heterocycles. The molecular weight excluding hydrogens is 246 g/mol. The topological polar surface area (TPSA) is 173 Å². The van der Waals surface area contributed by atoms with Gasteiger partial charge in [-0.05, 0) is 6.42 Å². The van der Waals surface area contributed by atoms with E-state index in [1.165, 1.54) is 0 Å². The van der Waals surface area contributed by atoms with Crippen molar-refractivity contribution in [3.05, 3.63) is 0 Å². The van der Waals surface area contributed by atoms with Gasteiger partial charge in [-0.15, -0.1) is 0 Å². The first kappa shape index (κ1) is 15.8. The van der Waals surface area contributed by atoms with Gasteiger partial charge in [-0.25, -0.2) is 4.79 Å². The van der Waals surface area contributed by atoms with E-state index < -0.39 is 48.7 Å². The maximum atomic E-state index is 11.4. The van der Waals surface area contributed by atoms with E-state index in [9.17, 15) is 19.2 Å². The molecule has 0 aliphatic carbocycles. The second kappa shape index (κ2) is 7.22. The fourth-order valence-electron chi connectivity index (χ4n) is 1.11. The lowest BCUT2D eigenvalue weighted by atomic mass is 10.1. The molecule has 0 aliphatic rings. The summed E-state index contributed by atoms with van der Waals surface area (Å²) in [4.78, 5) is 43.0. The second-order valence-electron chi connectivity index (χ2n) is 3.61. The van der Waals surface area contributed by atoms with Crippen molar-refractivity contribution in [2.75, 3.05) is 0 Å². The molecule has 0 spiro atoms. The summed E-state index contributed by atoms with van der Waals surface area (Å²) in [5.41, 5.74) is 10.1. The van der Waals surface area contributed by atoms with Crippen molar-refractivity contribution in [3.63, 3.8) is 0 Å². The Balaban J connectivity index is 4.40. The number of amides is 2. The summed E-state index contributed by atoms with van der Waals surface area (Å²) in [6, 6.07) is -2.62. The number of nitrogens with one attached hydrogen (secondary N) is 1. The highest BCUT2D eigenvalue weighted by molar-refractivity contribution is 5.90. The summed E-state index contributed by atoms with van der Waals surface area (Å²) in [5.74, 6) is -4.23. The minimum Gasteiger partial charge on any atom is -0.481 e. The van der Waals surface area contributed by atoms with Gasteiger partial charge in [-0.3, -0.25) is 14.4 Å². The number of nitrogens with two attached hydrogens (primary N) is 2. The van der Waals surface area contributed by atoms with E-state index in [-0.39, 0.29) is 6.42 Å². The second-order valence-corrected chi connectivity index (χ2v) is 3.61. The molecule has 0 aliphatic heterocycles. The van der Waals surface area contributed by atoms with Crippen molar-refractivity contribution in [1.82, 2.24) is 5.32 Å². The first-order valence-electron chi connectivity index (χ1n) is 5.03. The van der Waals surface area contributed by atoms with Crippen LogP contribution < -0.4 is 16.8 Å². The molecule has 0 aromatic rings. The van der Waals surface area contributed by atoms with Gasteiger partial charge in [0, 0.05) is 6.42 Å². The maximum absolute atomic E-state index is 11.4. The summed E-state index contributed by atoms with van der Waals surface area (Å²) in [6.07, 6.45) is -1.11. The van der Waals surface area contributed by atoms with E-state index >= 15 is 0 Å². The first-order chi connectivity index (χ1) is 8.23. The average molecular weight is 261 g/mol. The molecule has 0 bridgehead atoms. The van der Waals surface area contributed by atoms with Gasteiger partial charge in [0.2, 0.25) is 11.8 Å². The number of carboxylic acid groups (broad SMARTS) is 2. The zero-order chi connectivity index (χ0) is 14.3. The molecule has 9 heteroatoms. The number of aliphatic carboxylic acids is 2. The molecule has 0 saturated heterocycles. The van der Waals surface area contributed by atoms with Gasteiger partial charge in [0.05, 0.1) is 12.5 Å². The third-order valence-corrected chi connectivity index (χ3v) is 2.02. The Morgan fingerprint density at radius 3 is 2.11 bits per heavy atom. The van der Waals surface area contributed by atoms with Gasteiger partial charge in [-0.2, -0.15) is 0 Å². The molecule has 9 nitrogen and oxygen atoms in total. The first-order valence-corrected chi connectivity index (χ1v) is 5.03. The summed E-state index contributed by atoms with van der Waals surface area (Å²) >= 11 is 0. The Morgan fingerprint density at radius 2 is 1.72 bits per heavy atom. The number of carbonyl (C=O) groups excluding carboxylic acids is 2. The Labute approximate surface area is 102 Å². The highest BCUT2D eigenvalue weighted by atomic mass is 16.4. The third kappa shape index (κ3) is 6.43. The van der Waals surface area contributed by atoms with Crippen molar-refractivity contribution < 1.29 is 29.4 Å². The van der Waals surface area contributed by atoms with Crippen LogP contribution in [0.5, 0.6) is 0 Å². The molecule has 102 valence electrons. The summed E-state index contributed by atoms with van der Waals surface area (Å²) < 4.78 is 0. The summed E-state index contributed by atoms with van der Waals surface area (Å²) in [5, 5.41) is 19.2. The molecule has 0 fully saturated rings. The van der Waals surface area contributed by atoms with E-state index in [1.807, 2.05) is 5.32 Å². The minimum atomic E-state index is -1.38. The fourth-order valence-corrected chi connectivity index (χ4v) is 1.11. The number of rotatable bonds is 8. The molecule has 0 aromatic carbocycles. The Hall–Kier alpha value is -2.16. The molecule has 7 N–H and O–H groups in total. The number of primary amides is 1. The molecule has 18 heavy (non-hydrogen) atoms. The molecule has 0 unspecified atom stereocenters. The molecule has 2 amide bonds. The summed E-state index contributed by atoms with van der Waals surface area (Å²) in [6.45, 7) is 0. The number of carboxylic acids is 2. The quantitative estimate of drug-likeness (QED) is 0.324. The van der Waals surface area contributed by atoms with Crippen LogP contribution in [-0.2, 0) is 19.2 Å². The van der Waals surface area contributed by atoms with Crippen LogP contribution in [0.4, 0.5) is 0 Å². The monoisotopic (exact) mass is 261 g/mol. The van der Waals surface area contributed by atoms with Crippen LogP contribution in [0.25, 0.3) is 0 Å². The van der Waals surface area contributed by atoms with Crippen LogP contribution in [0.1, 0.15) is 19.3 Å². The predicted molar refractivity (Wildman–Crippen MR) is 58.2 cm³/mol. The van der Waals surface area contributed by atoms with E-state index in [0.29, 0.717) is 0 Å². The van der Waals surface area contributed by atoms with Gasteiger partial charge in [0.15, 0.2) is 0 Å². The minimum absolute atomic E-state index is 0.278. The van der Waals surface area contributed by atoms with Crippen molar-refractivity contribution in [1.29, 1.82) is 0 Å². The molecular formula is C9H15N3O6. The van der Waals surface area contributed by atoms with Crippen molar-refractivity contribution in [2.45, 2.75) is 31.3 Å². The lowest BCUT2D eigenvalue weighted by Crippen LogP contribution is -2.49. The molecule has 0 saturated carbocycles. The molecule has 0 radical (unpaired) electrons. The van der Waals surface area contributed by atoms with Gasteiger partial charge in [0.25, 0.3) is 0 Å². The maximum Gasteiger partial charge on any atom is 0.326 e. The fraction of sp³-hybridized carbons (Fsp3) is 0.556. The van der Waals surface area contributed by atoms with Crippen molar-refractivity contribution in [2.24, 2.45) is 11.5 Å². The van der Waals surface area contributed by atoms with E-state index in [2.05, 4.69) is 0 Å². The van der Waals surface area contributed by atoms with Crippen molar-refractivity contribution in [3.8, 4) is 0 Å². The van der Waals surface area contributed by atoms with Gasteiger partial charge in [-0.1, -0.05) is 0 Å². The zero-order valence-electron chi connectivity index (χ0n) is 9.46. The SMILES string of the molecule is NC(=O)C[C@H](N)C(=O)N[C@H](CCC(=O)O)C(=O)O. The van der Waals surface area contributed by atoms with Crippen LogP contribution >= 0.6 is 0 Å². The largest absolute Gasteiger partial charge is 0.481 e. The number of hydrogen-bond donors (Lipinski definition) is 5. The average Bonchev–Trinajstić information content (AvgIpc) is 2.21. The van der Waals surface area contributed by atoms with Crippen LogP contribution in [0.15, 0.2) is 0 Å². The number of carbonyl (C=O) groups is 4.